The van der Waals surface area contributed by atoms with Crippen molar-refractivity contribution in [3.8, 4) is 0 Å². The summed E-state index contributed by atoms with van der Waals surface area (Å²) in [5, 5.41) is 5.09. The van der Waals surface area contributed by atoms with Crippen molar-refractivity contribution < 1.29 is 38.1 Å². The summed E-state index contributed by atoms with van der Waals surface area (Å²) in [5.74, 6) is -1.20. The molecular weight excluding hydrogens is 468 g/mol. The van der Waals surface area contributed by atoms with Gasteiger partial charge in [-0.2, -0.15) is 0 Å². The average Bonchev–Trinajstić information content (AvgIpc) is 2.76. The molecule has 202 valence electrons. The molecular formula is C26H40N2O8. The van der Waals surface area contributed by atoms with Gasteiger partial charge in [0.05, 0.1) is 7.11 Å². The summed E-state index contributed by atoms with van der Waals surface area (Å²) in [6.45, 7) is 10.4. The van der Waals surface area contributed by atoms with Crippen molar-refractivity contribution in [2.45, 2.75) is 97.1 Å². The van der Waals surface area contributed by atoms with Gasteiger partial charge in [-0.05, 0) is 59.9 Å². The lowest BCUT2D eigenvalue weighted by atomic mass is 10.0. The van der Waals surface area contributed by atoms with Crippen molar-refractivity contribution in [3.05, 3.63) is 35.9 Å². The van der Waals surface area contributed by atoms with Crippen molar-refractivity contribution in [2.75, 3.05) is 7.11 Å². The minimum atomic E-state index is -0.945. The maximum absolute atomic E-state index is 12.7. The third-order valence-electron chi connectivity index (χ3n) is 4.61. The van der Waals surface area contributed by atoms with E-state index in [1.807, 2.05) is 30.3 Å². The highest BCUT2D eigenvalue weighted by Gasteiger charge is 2.27. The molecule has 10 nitrogen and oxygen atoms in total. The third-order valence-corrected chi connectivity index (χ3v) is 4.61. The summed E-state index contributed by atoms with van der Waals surface area (Å²) < 4.78 is 20.7. The number of amides is 2. The number of rotatable bonds is 11. The highest BCUT2D eigenvalue weighted by atomic mass is 16.6. The van der Waals surface area contributed by atoms with Gasteiger partial charge in [0.1, 0.15) is 29.9 Å². The molecule has 36 heavy (non-hydrogen) atoms. The number of benzene rings is 1. The smallest absolute Gasteiger partial charge is 0.408 e. The van der Waals surface area contributed by atoms with Crippen LogP contribution in [0.4, 0.5) is 9.59 Å². The Morgan fingerprint density at radius 2 is 1.19 bits per heavy atom. The van der Waals surface area contributed by atoms with Gasteiger partial charge in [-0.1, -0.05) is 43.2 Å². The zero-order valence-corrected chi connectivity index (χ0v) is 22.3. The maximum atomic E-state index is 12.7. The van der Waals surface area contributed by atoms with Gasteiger partial charge in [0.2, 0.25) is 0 Å². The number of carbonyl (C=O) groups excluding carboxylic acids is 4. The minimum absolute atomic E-state index is 0.0659. The van der Waals surface area contributed by atoms with E-state index in [-0.39, 0.29) is 19.4 Å². The number of nitrogens with one attached hydrogen (secondary N) is 2. The van der Waals surface area contributed by atoms with Gasteiger partial charge < -0.3 is 29.6 Å². The zero-order chi connectivity index (χ0) is 27.4. The molecule has 2 atom stereocenters. The number of carbonyl (C=O) groups is 4. The number of hydrogen-bond donors (Lipinski definition) is 2. The maximum Gasteiger partial charge on any atom is 0.408 e. The standard InChI is InChI=1S/C26H40N2O8/c1-25(2,3)35-23(31)27-19(21(29)33-7)15-11-12-16-20(28-24(32)36-26(4,5)6)22(30)34-17-18-13-9-8-10-14-18/h8-10,13-14,19-20H,11-12,15-17H2,1-7H3,(H,27,31)(H,28,32)/t19-,20-/m0/s1. The van der Waals surface area contributed by atoms with Crippen molar-refractivity contribution in [3.63, 3.8) is 0 Å². The molecule has 0 aromatic heterocycles. The summed E-state index contributed by atoms with van der Waals surface area (Å²) >= 11 is 0. The van der Waals surface area contributed by atoms with Gasteiger partial charge in [-0.3, -0.25) is 0 Å². The monoisotopic (exact) mass is 508 g/mol. The predicted molar refractivity (Wildman–Crippen MR) is 133 cm³/mol. The average molecular weight is 509 g/mol. The van der Waals surface area contributed by atoms with E-state index in [1.165, 1.54) is 7.11 Å². The van der Waals surface area contributed by atoms with Gasteiger partial charge in [0.25, 0.3) is 0 Å². The van der Waals surface area contributed by atoms with Crippen molar-refractivity contribution in [1.82, 2.24) is 10.6 Å². The molecule has 10 heteroatoms. The largest absolute Gasteiger partial charge is 0.467 e. The first-order valence-electron chi connectivity index (χ1n) is 12.0. The van der Waals surface area contributed by atoms with E-state index in [2.05, 4.69) is 10.6 Å². The molecule has 0 unspecified atom stereocenters. The van der Waals surface area contributed by atoms with E-state index in [4.69, 9.17) is 18.9 Å². The highest BCUT2D eigenvalue weighted by molar-refractivity contribution is 5.82. The molecule has 0 aliphatic heterocycles. The Morgan fingerprint density at radius 1 is 0.750 bits per heavy atom. The van der Waals surface area contributed by atoms with Gasteiger partial charge in [0.15, 0.2) is 0 Å². The number of unbranched alkanes of at least 4 members (excludes halogenated alkanes) is 1. The molecule has 0 spiro atoms. The molecule has 2 amide bonds. The lowest BCUT2D eigenvalue weighted by Gasteiger charge is -2.24. The second kappa shape index (κ2) is 14.3. The lowest BCUT2D eigenvalue weighted by Crippen LogP contribution is -2.45. The molecule has 0 heterocycles. The van der Waals surface area contributed by atoms with E-state index in [1.54, 1.807) is 41.5 Å². The van der Waals surface area contributed by atoms with Crippen molar-refractivity contribution in [1.29, 1.82) is 0 Å². The SMILES string of the molecule is COC(=O)[C@H](CCCC[C@H](NC(=O)OC(C)(C)C)C(=O)OCc1ccccc1)NC(=O)OC(C)(C)C. The first-order valence-corrected chi connectivity index (χ1v) is 12.0. The fraction of sp³-hybridized carbons (Fsp3) is 0.615. The number of ether oxygens (including phenoxy) is 4. The first kappa shape index (κ1) is 30.7. The third kappa shape index (κ3) is 13.6. The Labute approximate surface area is 213 Å². The molecule has 0 aliphatic rings. The highest BCUT2D eigenvalue weighted by Crippen LogP contribution is 2.13. The molecule has 0 radical (unpaired) electrons. The number of methoxy groups -OCH3 is 1. The minimum Gasteiger partial charge on any atom is -0.467 e. The van der Waals surface area contributed by atoms with Gasteiger partial charge >= 0.3 is 24.1 Å². The summed E-state index contributed by atoms with van der Waals surface area (Å²) in [4.78, 5) is 49.2. The number of alkyl carbamates (subject to hydrolysis) is 2. The number of hydrogen-bond acceptors (Lipinski definition) is 8. The Kier molecular flexibility index (Phi) is 12.2. The summed E-state index contributed by atoms with van der Waals surface area (Å²) in [7, 11) is 1.23. The topological polar surface area (TPSA) is 129 Å². The van der Waals surface area contributed by atoms with Gasteiger partial charge in [0, 0.05) is 0 Å². The molecule has 1 rings (SSSR count). The zero-order valence-electron chi connectivity index (χ0n) is 22.3. The number of esters is 2. The van der Waals surface area contributed by atoms with Crippen LogP contribution in [0.3, 0.4) is 0 Å². The van der Waals surface area contributed by atoms with Crippen LogP contribution in [0.5, 0.6) is 0 Å². The van der Waals surface area contributed by atoms with Crippen molar-refractivity contribution >= 4 is 24.1 Å². The molecule has 2 N–H and O–H groups in total. The predicted octanol–water partition coefficient (Wildman–Crippen LogP) is 4.25. The van der Waals surface area contributed by atoms with Gasteiger partial charge in [-0.25, -0.2) is 19.2 Å². The molecule has 0 saturated heterocycles. The quantitative estimate of drug-likeness (QED) is 0.258. The molecule has 1 aromatic rings. The first-order chi connectivity index (χ1) is 16.7. The van der Waals surface area contributed by atoms with Crippen LogP contribution in [0, 0.1) is 0 Å². The summed E-state index contributed by atoms with van der Waals surface area (Å²) in [6.07, 6.45) is -0.0644. The Morgan fingerprint density at radius 3 is 1.61 bits per heavy atom. The van der Waals surface area contributed by atoms with Crippen LogP contribution >= 0.6 is 0 Å². The Bertz CT molecular complexity index is 859. The van der Waals surface area contributed by atoms with E-state index in [9.17, 15) is 19.2 Å². The summed E-state index contributed by atoms with van der Waals surface area (Å²) in [5.41, 5.74) is -0.634. The van der Waals surface area contributed by atoms with Crippen LogP contribution in [0.25, 0.3) is 0 Å². The van der Waals surface area contributed by atoms with E-state index in [0.717, 1.165) is 5.56 Å². The summed E-state index contributed by atoms with van der Waals surface area (Å²) in [6, 6.07) is 7.33. The van der Waals surface area contributed by atoms with E-state index < -0.39 is 47.4 Å². The van der Waals surface area contributed by atoms with E-state index >= 15 is 0 Å². The fourth-order valence-corrected chi connectivity index (χ4v) is 3.07. The molecule has 0 aliphatic carbocycles. The Hall–Kier alpha value is -3.30. The van der Waals surface area contributed by atoms with Crippen LogP contribution in [-0.2, 0) is 35.1 Å². The Balaban J connectivity index is 2.72. The molecule has 0 fully saturated rings. The van der Waals surface area contributed by atoms with E-state index in [0.29, 0.717) is 12.8 Å². The van der Waals surface area contributed by atoms with Crippen molar-refractivity contribution in [2.24, 2.45) is 0 Å². The molecule has 0 bridgehead atoms. The van der Waals surface area contributed by atoms with Gasteiger partial charge in [-0.15, -0.1) is 0 Å². The lowest BCUT2D eigenvalue weighted by molar-refractivity contribution is -0.148. The second-order valence-electron chi connectivity index (χ2n) is 10.3. The van der Waals surface area contributed by atoms with Crippen LogP contribution in [0.15, 0.2) is 30.3 Å². The van der Waals surface area contributed by atoms with Crippen LogP contribution in [0.2, 0.25) is 0 Å². The fourth-order valence-electron chi connectivity index (χ4n) is 3.07. The normalized spacial score (nSPS) is 13.1. The molecule has 0 saturated carbocycles. The molecule has 1 aromatic carbocycles. The van der Waals surface area contributed by atoms with Crippen LogP contribution < -0.4 is 10.6 Å². The van der Waals surface area contributed by atoms with Crippen LogP contribution in [-0.4, -0.2) is 54.5 Å². The second-order valence-corrected chi connectivity index (χ2v) is 10.3. The van der Waals surface area contributed by atoms with Crippen LogP contribution in [0.1, 0.15) is 72.8 Å².